The van der Waals surface area contributed by atoms with Crippen LogP contribution >= 0.6 is 23.2 Å². The van der Waals surface area contributed by atoms with E-state index in [1.54, 1.807) is 12.3 Å². The summed E-state index contributed by atoms with van der Waals surface area (Å²) in [5.74, 6) is 0.400. The maximum Gasteiger partial charge on any atom is 0.217 e. The Kier molecular flexibility index (Phi) is 4.27. The van der Waals surface area contributed by atoms with Crippen LogP contribution in [0.3, 0.4) is 0 Å². The maximum absolute atomic E-state index is 10.8. The number of hydrogen-bond donors (Lipinski definition) is 1. The van der Waals surface area contributed by atoms with Gasteiger partial charge in [0.2, 0.25) is 5.91 Å². The van der Waals surface area contributed by atoms with Gasteiger partial charge in [0.1, 0.15) is 11.3 Å². The minimum Gasteiger partial charge on any atom is -0.370 e. The molecule has 0 fully saturated rings. The van der Waals surface area contributed by atoms with Crippen molar-refractivity contribution < 1.29 is 4.79 Å². The summed E-state index contributed by atoms with van der Waals surface area (Å²) < 4.78 is 1.91. The fourth-order valence-electron chi connectivity index (χ4n) is 1.94. The van der Waals surface area contributed by atoms with Crippen molar-refractivity contribution in [2.24, 2.45) is 5.73 Å². The van der Waals surface area contributed by atoms with E-state index < -0.39 is 0 Å². The van der Waals surface area contributed by atoms with Gasteiger partial charge in [-0.05, 0) is 19.4 Å². The third-order valence-electron chi connectivity index (χ3n) is 2.74. The number of hydrogen-bond acceptors (Lipinski definition) is 3. The maximum atomic E-state index is 10.8. The lowest BCUT2D eigenvalue weighted by atomic mass is 10.3. The second kappa shape index (κ2) is 5.75. The largest absolute Gasteiger partial charge is 0.370 e. The predicted octanol–water partition coefficient (Wildman–Crippen LogP) is 2.65. The van der Waals surface area contributed by atoms with Crippen molar-refractivity contribution in [3.63, 3.8) is 0 Å². The number of nitrogens with zero attached hydrogens (tertiary/aromatic N) is 3. The van der Waals surface area contributed by atoms with Gasteiger partial charge in [-0.3, -0.25) is 4.79 Å². The summed E-state index contributed by atoms with van der Waals surface area (Å²) in [4.78, 5) is 19.5. The molecule has 2 rings (SSSR count). The first-order valence-corrected chi connectivity index (χ1v) is 6.74. The number of pyridine rings is 1. The van der Waals surface area contributed by atoms with Crippen molar-refractivity contribution in [3.8, 4) is 0 Å². The van der Waals surface area contributed by atoms with Crippen LogP contribution < -0.4 is 5.73 Å². The molecule has 0 aliphatic heterocycles. The van der Waals surface area contributed by atoms with Gasteiger partial charge in [0.05, 0.1) is 10.4 Å². The topological polar surface area (TPSA) is 73.8 Å². The monoisotopic (exact) mass is 300 g/mol. The third-order valence-corrected chi connectivity index (χ3v) is 3.14. The predicted molar refractivity (Wildman–Crippen MR) is 75.2 cm³/mol. The van der Waals surface area contributed by atoms with Gasteiger partial charge in [-0.1, -0.05) is 11.6 Å². The Morgan fingerprint density at radius 2 is 2.32 bits per heavy atom. The number of rotatable bonds is 5. The Hall–Kier alpha value is -1.33. The van der Waals surface area contributed by atoms with Gasteiger partial charge in [-0.25, -0.2) is 9.97 Å². The zero-order valence-electron chi connectivity index (χ0n) is 10.4. The van der Waals surface area contributed by atoms with E-state index in [4.69, 9.17) is 28.9 Å². The molecule has 2 aromatic rings. The van der Waals surface area contributed by atoms with E-state index in [1.165, 1.54) is 0 Å². The highest BCUT2D eigenvalue weighted by molar-refractivity contribution is 6.31. The Balaban J connectivity index is 2.37. The summed E-state index contributed by atoms with van der Waals surface area (Å²) in [7, 11) is 0. The van der Waals surface area contributed by atoms with Crippen LogP contribution in [-0.2, 0) is 11.3 Å². The minimum atomic E-state index is -0.319. The van der Waals surface area contributed by atoms with Crippen LogP contribution in [0.4, 0.5) is 0 Å². The lowest BCUT2D eigenvalue weighted by Gasteiger charge is -2.09. The third kappa shape index (κ3) is 3.16. The normalized spacial score (nSPS) is 12.8. The first kappa shape index (κ1) is 14.1. The number of alkyl halides is 1. The van der Waals surface area contributed by atoms with E-state index in [9.17, 15) is 4.79 Å². The molecular formula is C12H14Cl2N4O. The smallest absolute Gasteiger partial charge is 0.217 e. The molecule has 7 heteroatoms. The summed E-state index contributed by atoms with van der Waals surface area (Å²) in [6.07, 6.45) is 2.52. The Labute approximate surface area is 120 Å². The standard InChI is InChI=1S/C12H14Cl2N4O/c1-7(13)11-17-9-5-8(14)6-16-12(9)18(11)4-2-3-10(15)19/h5-7H,2-4H2,1H3,(H2,15,19). The quantitative estimate of drug-likeness (QED) is 0.863. The van der Waals surface area contributed by atoms with Crippen LogP contribution in [0.15, 0.2) is 12.3 Å². The van der Waals surface area contributed by atoms with Gasteiger partial charge >= 0.3 is 0 Å². The number of primary amides is 1. The SMILES string of the molecule is CC(Cl)c1nc2cc(Cl)cnc2n1CCCC(N)=O. The van der Waals surface area contributed by atoms with Gasteiger partial charge in [0, 0.05) is 19.2 Å². The van der Waals surface area contributed by atoms with E-state index in [0.717, 1.165) is 11.5 Å². The van der Waals surface area contributed by atoms with E-state index >= 15 is 0 Å². The zero-order chi connectivity index (χ0) is 14.0. The molecule has 0 spiro atoms. The molecule has 1 unspecified atom stereocenters. The van der Waals surface area contributed by atoms with Crippen molar-refractivity contribution >= 4 is 40.3 Å². The number of amides is 1. The summed E-state index contributed by atoms with van der Waals surface area (Å²) >= 11 is 12.0. The highest BCUT2D eigenvalue weighted by atomic mass is 35.5. The second-order valence-electron chi connectivity index (χ2n) is 4.30. The van der Waals surface area contributed by atoms with Crippen LogP contribution in [0.5, 0.6) is 0 Å². The number of aromatic nitrogens is 3. The second-order valence-corrected chi connectivity index (χ2v) is 5.39. The number of carbonyl (C=O) groups is 1. The average molecular weight is 301 g/mol. The van der Waals surface area contributed by atoms with Crippen LogP contribution in [0, 0.1) is 0 Å². The first-order chi connectivity index (χ1) is 8.99. The van der Waals surface area contributed by atoms with Crippen LogP contribution in [0.2, 0.25) is 5.02 Å². The molecule has 0 saturated heterocycles. The summed E-state index contributed by atoms with van der Waals surface area (Å²) in [6.45, 7) is 2.44. The molecule has 0 radical (unpaired) electrons. The number of carbonyl (C=O) groups excluding carboxylic acids is 1. The van der Waals surface area contributed by atoms with Gasteiger partial charge in [-0.15, -0.1) is 11.6 Å². The number of nitrogens with two attached hydrogens (primary N) is 1. The van der Waals surface area contributed by atoms with Crippen LogP contribution in [0.25, 0.3) is 11.2 Å². The van der Waals surface area contributed by atoms with Crippen molar-refractivity contribution in [2.75, 3.05) is 0 Å². The average Bonchev–Trinajstić information content (AvgIpc) is 2.67. The highest BCUT2D eigenvalue weighted by Gasteiger charge is 2.16. The molecule has 102 valence electrons. The summed E-state index contributed by atoms with van der Waals surface area (Å²) in [5, 5.41) is 0.282. The number of halogens is 2. The molecule has 0 aliphatic rings. The molecular weight excluding hydrogens is 287 g/mol. The van der Waals surface area contributed by atoms with E-state index in [2.05, 4.69) is 9.97 Å². The van der Waals surface area contributed by atoms with Crippen LogP contribution in [-0.4, -0.2) is 20.4 Å². The fourth-order valence-corrected chi connectivity index (χ4v) is 2.26. The first-order valence-electron chi connectivity index (χ1n) is 5.93. The molecule has 0 saturated carbocycles. The van der Waals surface area contributed by atoms with Gasteiger partial charge in [0.25, 0.3) is 0 Å². The fraction of sp³-hybridized carbons (Fsp3) is 0.417. The Bertz CT molecular complexity index is 609. The zero-order valence-corrected chi connectivity index (χ0v) is 11.9. The summed E-state index contributed by atoms with van der Waals surface area (Å²) in [5.41, 5.74) is 6.56. The number of imidazole rings is 1. The van der Waals surface area contributed by atoms with E-state index in [-0.39, 0.29) is 11.3 Å². The highest BCUT2D eigenvalue weighted by Crippen LogP contribution is 2.25. The molecule has 5 nitrogen and oxygen atoms in total. The summed E-state index contributed by atoms with van der Waals surface area (Å²) in [6, 6.07) is 1.75. The van der Waals surface area contributed by atoms with Gasteiger partial charge in [-0.2, -0.15) is 0 Å². The Morgan fingerprint density at radius 3 is 2.95 bits per heavy atom. The molecule has 19 heavy (non-hydrogen) atoms. The lowest BCUT2D eigenvalue weighted by molar-refractivity contribution is -0.118. The van der Waals surface area contributed by atoms with Gasteiger partial charge in [0.15, 0.2) is 5.65 Å². The molecule has 2 aromatic heterocycles. The van der Waals surface area contributed by atoms with E-state index in [1.807, 2.05) is 11.5 Å². The molecule has 0 aliphatic carbocycles. The lowest BCUT2D eigenvalue weighted by Crippen LogP contribution is -2.12. The molecule has 2 heterocycles. The Morgan fingerprint density at radius 1 is 1.58 bits per heavy atom. The molecule has 1 amide bonds. The van der Waals surface area contributed by atoms with Crippen molar-refractivity contribution in [3.05, 3.63) is 23.1 Å². The molecule has 0 bridgehead atoms. The molecule has 2 N–H and O–H groups in total. The van der Waals surface area contributed by atoms with Crippen molar-refractivity contribution in [2.45, 2.75) is 31.7 Å². The van der Waals surface area contributed by atoms with Crippen molar-refractivity contribution in [1.82, 2.24) is 14.5 Å². The van der Waals surface area contributed by atoms with Crippen LogP contribution in [0.1, 0.15) is 31.0 Å². The van der Waals surface area contributed by atoms with E-state index in [0.29, 0.717) is 29.9 Å². The molecule has 0 aromatic carbocycles. The number of aryl methyl sites for hydroxylation is 1. The van der Waals surface area contributed by atoms with Gasteiger partial charge < -0.3 is 10.3 Å². The van der Waals surface area contributed by atoms with Crippen molar-refractivity contribution in [1.29, 1.82) is 0 Å². The molecule has 1 atom stereocenters. The number of fused-ring (bicyclic) bond motifs is 1. The minimum absolute atomic E-state index is 0.249.